The van der Waals surface area contributed by atoms with Gasteiger partial charge in [-0.1, -0.05) is 34.1 Å². The van der Waals surface area contributed by atoms with Crippen LogP contribution < -0.4 is 0 Å². The second kappa shape index (κ2) is 3.67. The van der Waals surface area contributed by atoms with Gasteiger partial charge in [0.25, 0.3) is 0 Å². The maximum Gasteiger partial charge on any atom is 0.177 e. The summed E-state index contributed by atoms with van der Waals surface area (Å²) in [6, 6.07) is 7.29. The van der Waals surface area contributed by atoms with Gasteiger partial charge in [0.2, 0.25) is 0 Å². The number of halogens is 3. The molecule has 0 bridgehead atoms. The minimum absolute atomic E-state index is 0.697. The molecule has 1 rings (SSSR count). The van der Waals surface area contributed by atoms with Crippen LogP contribution >= 0.6 is 38.5 Å². The van der Waals surface area contributed by atoms with Crippen LogP contribution in [0.25, 0.3) is 0 Å². The molecule has 0 nitrogen and oxygen atoms in total. The molecule has 1 aromatic rings. The van der Waals surface area contributed by atoms with Crippen molar-refractivity contribution in [2.75, 3.05) is 0 Å². The van der Waals surface area contributed by atoms with Gasteiger partial charge < -0.3 is 0 Å². The third kappa shape index (κ3) is 1.92. The second-order valence-corrected chi connectivity index (χ2v) is 3.77. The van der Waals surface area contributed by atoms with Crippen molar-refractivity contribution >= 4 is 38.5 Å². The Morgan fingerprint density at radius 1 is 1.40 bits per heavy atom. The van der Waals surface area contributed by atoms with Gasteiger partial charge in [-0.25, -0.2) is 4.39 Å². The summed E-state index contributed by atoms with van der Waals surface area (Å²) in [5, 5.41) is 0. The van der Waals surface area contributed by atoms with E-state index in [9.17, 15) is 4.39 Å². The van der Waals surface area contributed by atoms with Crippen molar-refractivity contribution in [1.29, 1.82) is 0 Å². The molecule has 1 unspecified atom stereocenters. The zero-order valence-corrected chi connectivity index (χ0v) is 8.76. The Hall–Kier alpha value is 0.360. The Morgan fingerprint density at radius 2 is 2.00 bits per heavy atom. The van der Waals surface area contributed by atoms with E-state index < -0.39 is 4.18 Å². The van der Waals surface area contributed by atoms with Crippen LogP contribution in [0.1, 0.15) is 9.74 Å². The lowest BCUT2D eigenvalue weighted by Crippen LogP contribution is -1.81. The summed E-state index contributed by atoms with van der Waals surface area (Å²) in [4.78, 5) is 0. The maximum absolute atomic E-state index is 12.7. The molecule has 1 aromatic carbocycles. The van der Waals surface area contributed by atoms with Gasteiger partial charge in [-0.15, -0.1) is 0 Å². The lowest BCUT2D eigenvalue weighted by Gasteiger charge is -2.01. The van der Waals surface area contributed by atoms with Crippen LogP contribution in [-0.4, -0.2) is 0 Å². The standard InChI is InChI=1S/C7H5BrFI/c8-6-4-2-1-3-5(6)7(9)10/h1-4,7H. The van der Waals surface area contributed by atoms with Crippen LogP contribution in [0.2, 0.25) is 0 Å². The lowest BCUT2D eigenvalue weighted by atomic mass is 10.2. The molecule has 0 aliphatic carbocycles. The van der Waals surface area contributed by atoms with Gasteiger partial charge in [-0.05, 0) is 28.7 Å². The van der Waals surface area contributed by atoms with Gasteiger partial charge in [0, 0.05) is 10.0 Å². The smallest absolute Gasteiger partial charge is 0.177 e. The molecule has 0 heterocycles. The molecule has 0 aromatic heterocycles. The zero-order chi connectivity index (χ0) is 7.56. The fourth-order valence-corrected chi connectivity index (χ4v) is 2.11. The number of benzene rings is 1. The van der Waals surface area contributed by atoms with Crippen molar-refractivity contribution in [3.8, 4) is 0 Å². The average Bonchev–Trinajstić information content (AvgIpc) is 1.88. The van der Waals surface area contributed by atoms with Crippen LogP contribution in [0.15, 0.2) is 28.7 Å². The topological polar surface area (TPSA) is 0 Å². The first-order valence-electron chi connectivity index (χ1n) is 2.74. The normalized spacial score (nSPS) is 13.1. The molecular weight excluding hydrogens is 310 g/mol. The molecule has 0 fully saturated rings. The van der Waals surface area contributed by atoms with Gasteiger partial charge in [-0.2, -0.15) is 0 Å². The minimum atomic E-state index is -0.923. The molecule has 0 saturated heterocycles. The van der Waals surface area contributed by atoms with Gasteiger partial charge in [0.15, 0.2) is 4.18 Å². The van der Waals surface area contributed by atoms with Crippen molar-refractivity contribution < 1.29 is 4.39 Å². The molecule has 54 valence electrons. The van der Waals surface area contributed by atoms with E-state index in [4.69, 9.17) is 0 Å². The molecule has 10 heavy (non-hydrogen) atoms. The Balaban J connectivity index is 3.03. The van der Waals surface area contributed by atoms with Crippen molar-refractivity contribution in [3.63, 3.8) is 0 Å². The number of rotatable bonds is 1. The number of hydrogen-bond donors (Lipinski definition) is 0. The van der Waals surface area contributed by atoms with E-state index in [1.807, 2.05) is 18.2 Å². The van der Waals surface area contributed by atoms with Crippen LogP contribution in [0.4, 0.5) is 4.39 Å². The second-order valence-electron chi connectivity index (χ2n) is 1.82. The van der Waals surface area contributed by atoms with E-state index in [2.05, 4.69) is 15.9 Å². The number of hydrogen-bond acceptors (Lipinski definition) is 0. The highest BCUT2D eigenvalue weighted by Crippen LogP contribution is 2.30. The van der Waals surface area contributed by atoms with E-state index in [-0.39, 0.29) is 0 Å². The van der Waals surface area contributed by atoms with Gasteiger partial charge in [-0.3, -0.25) is 0 Å². The Kier molecular flexibility index (Phi) is 3.10. The average molecular weight is 315 g/mol. The first-order valence-corrected chi connectivity index (χ1v) is 4.78. The first kappa shape index (κ1) is 8.46. The quantitative estimate of drug-likeness (QED) is 0.545. The molecule has 0 radical (unpaired) electrons. The summed E-state index contributed by atoms with van der Waals surface area (Å²) in [7, 11) is 0. The van der Waals surface area contributed by atoms with E-state index in [1.165, 1.54) is 0 Å². The minimum Gasteiger partial charge on any atom is -0.231 e. The van der Waals surface area contributed by atoms with Gasteiger partial charge in [0.1, 0.15) is 0 Å². The van der Waals surface area contributed by atoms with Crippen molar-refractivity contribution in [2.45, 2.75) is 4.18 Å². The molecule has 0 aliphatic heterocycles. The Morgan fingerprint density at radius 3 is 2.40 bits per heavy atom. The van der Waals surface area contributed by atoms with E-state index >= 15 is 0 Å². The van der Waals surface area contributed by atoms with Crippen molar-refractivity contribution in [3.05, 3.63) is 34.3 Å². The monoisotopic (exact) mass is 314 g/mol. The Bertz CT molecular complexity index is 225. The maximum atomic E-state index is 12.7. The molecule has 0 aliphatic rings. The van der Waals surface area contributed by atoms with Crippen LogP contribution in [0, 0.1) is 0 Å². The molecule has 0 spiro atoms. The van der Waals surface area contributed by atoms with Gasteiger partial charge in [0.05, 0.1) is 0 Å². The van der Waals surface area contributed by atoms with E-state index in [0.29, 0.717) is 5.56 Å². The third-order valence-corrected chi connectivity index (χ3v) is 2.53. The summed E-state index contributed by atoms with van der Waals surface area (Å²) >= 11 is 4.99. The summed E-state index contributed by atoms with van der Waals surface area (Å²) in [5.41, 5.74) is 0.697. The fourth-order valence-electron chi connectivity index (χ4n) is 0.652. The molecular formula is C7H5BrFI. The summed E-state index contributed by atoms with van der Waals surface area (Å²) in [5.74, 6) is 0. The Labute approximate surface area is 81.1 Å². The predicted molar refractivity (Wildman–Crippen MR) is 52.0 cm³/mol. The van der Waals surface area contributed by atoms with Crippen LogP contribution in [0.5, 0.6) is 0 Å². The summed E-state index contributed by atoms with van der Waals surface area (Å²) in [6.45, 7) is 0. The van der Waals surface area contributed by atoms with Gasteiger partial charge >= 0.3 is 0 Å². The number of alkyl halides is 2. The summed E-state index contributed by atoms with van der Waals surface area (Å²) < 4.78 is 12.6. The lowest BCUT2D eigenvalue weighted by molar-refractivity contribution is 0.489. The highest BCUT2D eigenvalue weighted by atomic mass is 127. The van der Waals surface area contributed by atoms with E-state index in [1.54, 1.807) is 28.7 Å². The summed E-state index contributed by atoms with van der Waals surface area (Å²) in [6.07, 6.45) is 0. The molecule has 0 amide bonds. The van der Waals surface area contributed by atoms with E-state index in [0.717, 1.165) is 4.47 Å². The van der Waals surface area contributed by atoms with Crippen LogP contribution in [-0.2, 0) is 0 Å². The van der Waals surface area contributed by atoms with Crippen LogP contribution in [0.3, 0.4) is 0 Å². The molecule has 0 N–H and O–H groups in total. The van der Waals surface area contributed by atoms with Crippen molar-refractivity contribution in [2.24, 2.45) is 0 Å². The SMILES string of the molecule is FC(I)c1ccccc1Br. The van der Waals surface area contributed by atoms with Crippen molar-refractivity contribution in [1.82, 2.24) is 0 Å². The molecule has 0 saturated carbocycles. The largest absolute Gasteiger partial charge is 0.231 e. The first-order chi connectivity index (χ1) is 4.72. The molecule has 3 heteroatoms. The highest BCUT2D eigenvalue weighted by Gasteiger charge is 2.06. The third-order valence-electron chi connectivity index (χ3n) is 1.14. The predicted octanol–water partition coefficient (Wildman–Crippen LogP) is 3.85. The highest BCUT2D eigenvalue weighted by molar-refractivity contribution is 14.1. The molecule has 1 atom stereocenters. The fraction of sp³-hybridized carbons (Fsp3) is 0.143. The zero-order valence-electron chi connectivity index (χ0n) is 5.02.